The maximum absolute atomic E-state index is 12.7. The number of ketones is 1. The number of likely N-dealkylation sites (tertiary alicyclic amines) is 1. The molecule has 0 bridgehead atoms. The molecule has 1 aromatic heterocycles. The number of hydrogen-bond acceptors (Lipinski definition) is 6. The van der Waals surface area contributed by atoms with Crippen molar-refractivity contribution in [1.29, 1.82) is 0 Å². The summed E-state index contributed by atoms with van der Waals surface area (Å²) in [5, 5.41) is 0. The van der Waals surface area contributed by atoms with Crippen molar-refractivity contribution in [3.05, 3.63) is 51.2 Å². The van der Waals surface area contributed by atoms with Crippen molar-refractivity contribution in [2.75, 3.05) is 27.3 Å². The zero-order chi connectivity index (χ0) is 20.3. The summed E-state index contributed by atoms with van der Waals surface area (Å²) >= 11 is 1.24. The van der Waals surface area contributed by atoms with Crippen LogP contribution in [0.2, 0.25) is 0 Å². The Morgan fingerprint density at radius 2 is 1.89 bits per heavy atom. The van der Waals surface area contributed by atoms with E-state index in [2.05, 4.69) is 0 Å². The van der Waals surface area contributed by atoms with E-state index < -0.39 is 0 Å². The van der Waals surface area contributed by atoms with Crippen LogP contribution in [0.1, 0.15) is 48.6 Å². The molecule has 0 spiro atoms. The fourth-order valence-electron chi connectivity index (χ4n) is 3.48. The number of rotatable bonds is 6. The summed E-state index contributed by atoms with van der Waals surface area (Å²) in [6, 6.07) is 8.68. The van der Waals surface area contributed by atoms with Crippen LogP contribution in [0, 0.1) is 5.92 Å². The molecule has 2 aromatic rings. The number of thiophene rings is 1. The lowest BCUT2D eigenvalue weighted by molar-refractivity contribution is 0.0600. The summed E-state index contributed by atoms with van der Waals surface area (Å²) in [5.74, 6) is 0.557. The second kappa shape index (κ2) is 8.56. The van der Waals surface area contributed by atoms with Crippen LogP contribution < -0.4 is 4.74 Å². The van der Waals surface area contributed by atoms with Gasteiger partial charge < -0.3 is 14.4 Å². The summed E-state index contributed by atoms with van der Waals surface area (Å²) in [5.41, 5.74) is 1.42. The second-order valence-electron chi connectivity index (χ2n) is 6.85. The second-order valence-corrected chi connectivity index (χ2v) is 7.93. The van der Waals surface area contributed by atoms with Gasteiger partial charge in [-0.05, 0) is 61.6 Å². The number of amides is 1. The minimum Gasteiger partial charge on any atom is -0.496 e. The summed E-state index contributed by atoms with van der Waals surface area (Å²) in [6.07, 6.45) is 1.59. The Morgan fingerprint density at radius 3 is 2.54 bits per heavy atom. The summed E-state index contributed by atoms with van der Waals surface area (Å²) in [6.45, 7) is 2.81. The number of esters is 1. The van der Waals surface area contributed by atoms with E-state index in [1.54, 1.807) is 37.4 Å². The van der Waals surface area contributed by atoms with Gasteiger partial charge in [0.25, 0.3) is 5.91 Å². The largest absolute Gasteiger partial charge is 0.496 e. The molecule has 0 N–H and O–H groups in total. The zero-order valence-corrected chi connectivity index (χ0v) is 17.0. The molecule has 1 amide bonds. The third-order valence-electron chi connectivity index (χ3n) is 4.95. The van der Waals surface area contributed by atoms with E-state index in [9.17, 15) is 14.4 Å². The van der Waals surface area contributed by atoms with E-state index in [-0.39, 0.29) is 23.6 Å². The van der Waals surface area contributed by atoms with Crippen molar-refractivity contribution < 1.29 is 23.9 Å². The first kappa shape index (κ1) is 20.1. The lowest BCUT2D eigenvalue weighted by Crippen LogP contribution is -2.28. The number of carbonyl (C=O) groups is 3. The fraction of sp³-hybridized carbons (Fsp3) is 0.381. The van der Waals surface area contributed by atoms with Gasteiger partial charge in [-0.3, -0.25) is 9.59 Å². The Bertz CT molecular complexity index is 904. The Kier molecular flexibility index (Phi) is 6.14. The maximum atomic E-state index is 12.7. The average Bonchev–Trinajstić information content (AvgIpc) is 3.36. The number of hydrogen-bond donors (Lipinski definition) is 0. The smallest absolute Gasteiger partial charge is 0.337 e. The summed E-state index contributed by atoms with van der Waals surface area (Å²) in [4.78, 5) is 39.0. The van der Waals surface area contributed by atoms with Crippen LogP contribution in [0.4, 0.5) is 0 Å². The Morgan fingerprint density at radius 1 is 1.14 bits per heavy atom. The fourth-order valence-corrected chi connectivity index (χ4v) is 4.34. The molecule has 3 rings (SSSR count). The van der Waals surface area contributed by atoms with Gasteiger partial charge in [-0.15, -0.1) is 11.3 Å². The summed E-state index contributed by atoms with van der Waals surface area (Å²) < 4.78 is 10.2. The molecule has 0 radical (unpaired) electrons. The molecule has 7 heteroatoms. The lowest BCUT2D eigenvalue weighted by Gasteiger charge is -2.17. The van der Waals surface area contributed by atoms with Crippen molar-refractivity contribution in [2.45, 2.75) is 19.8 Å². The highest BCUT2D eigenvalue weighted by Crippen LogP contribution is 2.29. The van der Waals surface area contributed by atoms with Crippen LogP contribution >= 0.6 is 11.3 Å². The van der Waals surface area contributed by atoms with Crippen LogP contribution in [0.15, 0.2) is 30.3 Å². The van der Waals surface area contributed by atoms with Gasteiger partial charge >= 0.3 is 5.97 Å². The van der Waals surface area contributed by atoms with E-state index >= 15 is 0 Å². The average molecular weight is 401 g/mol. The predicted molar refractivity (Wildman–Crippen MR) is 106 cm³/mol. The van der Waals surface area contributed by atoms with Crippen LogP contribution in [-0.2, 0) is 11.2 Å². The Hall–Kier alpha value is -2.67. The number of methoxy groups -OCH3 is 2. The first-order valence-corrected chi connectivity index (χ1v) is 9.89. The van der Waals surface area contributed by atoms with Crippen LogP contribution in [0.25, 0.3) is 0 Å². The molecule has 1 aliphatic rings. The molecule has 1 unspecified atom stereocenters. The highest BCUT2D eigenvalue weighted by molar-refractivity contribution is 7.15. The van der Waals surface area contributed by atoms with Gasteiger partial charge in [-0.1, -0.05) is 0 Å². The highest BCUT2D eigenvalue weighted by Gasteiger charge is 2.29. The van der Waals surface area contributed by atoms with Crippen molar-refractivity contribution in [2.24, 2.45) is 5.92 Å². The molecule has 1 aromatic carbocycles. The van der Waals surface area contributed by atoms with Gasteiger partial charge in [0, 0.05) is 13.1 Å². The van der Waals surface area contributed by atoms with Crippen molar-refractivity contribution in [1.82, 2.24) is 4.90 Å². The quantitative estimate of drug-likeness (QED) is 0.548. The Balaban J connectivity index is 1.69. The predicted octanol–water partition coefficient (Wildman–Crippen LogP) is 3.45. The van der Waals surface area contributed by atoms with Crippen molar-refractivity contribution in [3.63, 3.8) is 0 Å². The SMILES string of the molecule is COC(=O)c1ccc(OC)c(CC2CCN(C(=O)c3ccc(C(C)=O)s3)C2)c1. The molecule has 28 heavy (non-hydrogen) atoms. The van der Waals surface area contributed by atoms with Gasteiger partial charge in [0.1, 0.15) is 5.75 Å². The molecule has 0 aliphatic carbocycles. The van der Waals surface area contributed by atoms with E-state index in [0.717, 1.165) is 17.7 Å². The van der Waals surface area contributed by atoms with Crippen LogP contribution in [0.5, 0.6) is 5.75 Å². The van der Waals surface area contributed by atoms with Gasteiger partial charge in [0.15, 0.2) is 5.78 Å². The maximum Gasteiger partial charge on any atom is 0.337 e. The molecule has 1 fully saturated rings. The standard InChI is InChI=1S/C21H23NO5S/c1-13(23)18-6-7-19(28-18)20(24)22-9-8-14(12-22)10-16-11-15(21(25)27-3)4-5-17(16)26-2/h4-7,11,14H,8-10,12H2,1-3H3. The molecule has 0 saturated carbocycles. The van der Waals surface area contributed by atoms with Crippen molar-refractivity contribution in [3.8, 4) is 5.75 Å². The number of benzene rings is 1. The van der Waals surface area contributed by atoms with Crippen LogP contribution in [0.3, 0.4) is 0 Å². The third kappa shape index (κ3) is 4.25. The monoisotopic (exact) mass is 401 g/mol. The molecule has 1 atom stereocenters. The first-order chi connectivity index (χ1) is 13.4. The molecular formula is C21H23NO5S. The minimum absolute atomic E-state index is 0.0269. The number of ether oxygens (including phenoxy) is 2. The normalized spacial score (nSPS) is 16.1. The molecule has 148 valence electrons. The van der Waals surface area contributed by atoms with Gasteiger partial charge in [0.05, 0.1) is 29.5 Å². The van der Waals surface area contributed by atoms with E-state index in [1.807, 2.05) is 4.90 Å². The number of carbonyl (C=O) groups excluding carboxylic acids is 3. The van der Waals surface area contributed by atoms with E-state index in [4.69, 9.17) is 9.47 Å². The van der Waals surface area contributed by atoms with Gasteiger partial charge in [-0.25, -0.2) is 4.79 Å². The number of Topliss-reactive ketones (excluding diaryl/α,β-unsaturated/α-hetero) is 1. The van der Waals surface area contributed by atoms with E-state index in [1.165, 1.54) is 25.4 Å². The number of nitrogens with zero attached hydrogens (tertiary/aromatic N) is 1. The molecule has 1 saturated heterocycles. The molecule has 6 nitrogen and oxygen atoms in total. The van der Waals surface area contributed by atoms with Gasteiger partial charge in [0.2, 0.25) is 0 Å². The topological polar surface area (TPSA) is 72.9 Å². The molecule has 1 aliphatic heterocycles. The van der Waals surface area contributed by atoms with E-state index in [0.29, 0.717) is 34.8 Å². The zero-order valence-electron chi connectivity index (χ0n) is 16.2. The summed E-state index contributed by atoms with van der Waals surface area (Å²) in [7, 11) is 2.96. The molecule has 2 heterocycles. The lowest BCUT2D eigenvalue weighted by atomic mass is 9.96. The van der Waals surface area contributed by atoms with Crippen molar-refractivity contribution >= 4 is 29.0 Å². The van der Waals surface area contributed by atoms with Gasteiger partial charge in [-0.2, -0.15) is 0 Å². The third-order valence-corrected chi connectivity index (χ3v) is 6.12. The molecular weight excluding hydrogens is 378 g/mol. The first-order valence-electron chi connectivity index (χ1n) is 9.08. The Labute approximate surface area is 168 Å². The minimum atomic E-state index is -0.383. The van der Waals surface area contributed by atoms with Crippen LogP contribution in [-0.4, -0.2) is 49.9 Å². The highest BCUT2D eigenvalue weighted by atomic mass is 32.1.